The number of hydrogen-bond donors (Lipinski definition) is 0. The molecule has 0 fully saturated rings. The monoisotopic (exact) mass is 303 g/mol. The maximum Gasteiger partial charge on any atom is 0.263 e. The summed E-state index contributed by atoms with van der Waals surface area (Å²) in [5.74, 6) is -1.92. The average Bonchev–Trinajstić information content (AvgIpc) is 2.50. The Labute approximate surface area is 124 Å². The molecule has 0 N–H and O–H groups in total. The SMILES string of the molecule is CCc1cc2ccc(F)cc2c(=O)n1-c1cc(F)ccc1F. The third-order valence-electron chi connectivity index (χ3n) is 3.57. The molecule has 0 aliphatic rings. The summed E-state index contributed by atoms with van der Waals surface area (Å²) in [6.45, 7) is 1.80. The summed E-state index contributed by atoms with van der Waals surface area (Å²) >= 11 is 0. The number of fused-ring (bicyclic) bond motifs is 1. The second kappa shape index (κ2) is 5.33. The predicted octanol–water partition coefficient (Wildman–Crippen LogP) is 3.97. The molecule has 0 aliphatic heterocycles. The van der Waals surface area contributed by atoms with Crippen LogP contribution in [0.4, 0.5) is 13.2 Å². The number of halogens is 3. The molecule has 2 nitrogen and oxygen atoms in total. The van der Waals surface area contributed by atoms with Crippen LogP contribution in [-0.4, -0.2) is 4.57 Å². The van der Waals surface area contributed by atoms with Gasteiger partial charge in [0.1, 0.15) is 17.5 Å². The van der Waals surface area contributed by atoms with Gasteiger partial charge in [-0.15, -0.1) is 0 Å². The molecule has 2 aromatic carbocycles. The molecule has 3 rings (SSSR count). The largest absolute Gasteiger partial charge is 0.278 e. The Balaban J connectivity index is 2.44. The number of hydrogen-bond acceptors (Lipinski definition) is 1. The third-order valence-corrected chi connectivity index (χ3v) is 3.57. The van der Waals surface area contributed by atoms with Crippen molar-refractivity contribution in [2.45, 2.75) is 13.3 Å². The van der Waals surface area contributed by atoms with Crippen molar-refractivity contribution in [1.82, 2.24) is 4.57 Å². The van der Waals surface area contributed by atoms with Gasteiger partial charge in [-0.1, -0.05) is 13.0 Å². The van der Waals surface area contributed by atoms with Crippen LogP contribution in [0.3, 0.4) is 0 Å². The topological polar surface area (TPSA) is 22.0 Å². The second-order valence-corrected chi connectivity index (χ2v) is 4.96. The zero-order valence-corrected chi connectivity index (χ0v) is 11.7. The van der Waals surface area contributed by atoms with Crippen molar-refractivity contribution in [3.8, 4) is 5.69 Å². The highest BCUT2D eigenvalue weighted by atomic mass is 19.1. The first-order valence-corrected chi connectivity index (χ1v) is 6.81. The van der Waals surface area contributed by atoms with E-state index in [1.807, 2.05) is 0 Å². The Hall–Kier alpha value is -2.56. The first kappa shape index (κ1) is 14.4. The Kier molecular flexibility index (Phi) is 3.48. The van der Waals surface area contributed by atoms with Gasteiger partial charge in [-0.25, -0.2) is 13.2 Å². The number of aryl methyl sites for hydroxylation is 1. The van der Waals surface area contributed by atoms with E-state index in [0.717, 1.165) is 28.8 Å². The molecular formula is C17H12F3NO. The highest BCUT2D eigenvalue weighted by Gasteiger charge is 2.14. The molecule has 0 spiro atoms. The molecule has 0 unspecified atom stereocenters. The summed E-state index contributed by atoms with van der Waals surface area (Å²) < 4.78 is 42.0. The van der Waals surface area contributed by atoms with Gasteiger partial charge >= 0.3 is 0 Å². The van der Waals surface area contributed by atoms with Crippen molar-refractivity contribution >= 4 is 10.8 Å². The van der Waals surface area contributed by atoms with Gasteiger partial charge in [0.25, 0.3) is 5.56 Å². The van der Waals surface area contributed by atoms with E-state index < -0.39 is 23.0 Å². The van der Waals surface area contributed by atoms with Gasteiger partial charge in [0.05, 0.1) is 11.1 Å². The van der Waals surface area contributed by atoms with E-state index in [-0.39, 0.29) is 11.1 Å². The number of rotatable bonds is 2. The van der Waals surface area contributed by atoms with Crippen LogP contribution in [0, 0.1) is 17.5 Å². The van der Waals surface area contributed by atoms with Crippen molar-refractivity contribution in [3.05, 3.63) is 76.0 Å². The lowest BCUT2D eigenvalue weighted by Gasteiger charge is -2.14. The quantitative estimate of drug-likeness (QED) is 0.702. The van der Waals surface area contributed by atoms with E-state index >= 15 is 0 Å². The molecule has 0 bridgehead atoms. The van der Waals surface area contributed by atoms with Gasteiger partial charge in [0.2, 0.25) is 0 Å². The van der Waals surface area contributed by atoms with Gasteiger partial charge in [0, 0.05) is 11.8 Å². The number of aromatic nitrogens is 1. The average molecular weight is 303 g/mol. The fraction of sp³-hybridized carbons (Fsp3) is 0.118. The Morgan fingerprint density at radius 3 is 2.36 bits per heavy atom. The van der Waals surface area contributed by atoms with E-state index in [1.165, 1.54) is 12.1 Å². The van der Waals surface area contributed by atoms with E-state index in [9.17, 15) is 18.0 Å². The predicted molar refractivity (Wildman–Crippen MR) is 78.8 cm³/mol. The smallest absolute Gasteiger partial charge is 0.263 e. The van der Waals surface area contributed by atoms with Crippen LogP contribution >= 0.6 is 0 Å². The van der Waals surface area contributed by atoms with E-state index in [4.69, 9.17) is 0 Å². The second-order valence-electron chi connectivity index (χ2n) is 4.96. The molecule has 0 saturated carbocycles. The first-order chi connectivity index (χ1) is 10.5. The highest BCUT2D eigenvalue weighted by Crippen LogP contribution is 2.20. The molecule has 0 radical (unpaired) electrons. The van der Waals surface area contributed by atoms with Crippen LogP contribution in [-0.2, 0) is 6.42 Å². The minimum atomic E-state index is -0.714. The number of pyridine rings is 1. The first-order valence-electron chi connectivity index (χ1n) is 6.81. The molecule has 1 heterocycles. The Bertz CT molecular complexity index is 931. The van der Waals surface area contributed by atoms with Crippen LogP contribution in [0.1, 0.15) is 12.6 Å². The summed E-state index contributed by atoms with van der Waals surface area (Å²) in [5.41, 5.74) is -0.222. The molecule has 0 saturated heterocycles. The molecule has 0 atom stereocenters. The normalized spacial score (nSPS) is 11.1. The summed E-state index contributed by atoms with van der Waals surface area (Å²) in [5, 5.41) is 0.692. The minimum Gasteiger partial charge on any atom is -0.278 e. The van der Waals surface area contributed by atoms with Gasteiger partial charge in [-0.05, 0) is 42.1 Å². The van der Waals surface area contributed by atoms with E-state index in [2.05, 4.69) is 0 Å². The van der Waals surface area contributed by atoms with Crippen LogP contribution in [0.2, 0.25) is 0 Å². The van der Waals surface area contributed by atoms with Gasteiger partial charge < -0.3 is 0 Å². The van der Waals surface area contributed by atoms with Crippen LogP contribution in [0.5, 0.6) is 0 Å². The lowest BCUT2D eigenvalue weighted by molar-refractivity contribution is 0.589. The lowest BCUT2D eigenvalue weighted by Crippen LogP contribution is -2.23. The van der Waals surface area contributed by atoms with E-state index in [1.54, 1.807) is 13.0 Å². The molecule has 1 aromatic heterocycles. The van der Waals surface area contributed by atoms with Crippen LogP contribution < -0.4 is 5.56 Å². The summed E-state index contributed by atoms with van der Waals surface area (Å²) in [6, 6.07) is 8.45. The molecular weight excluding hydrogens is 291 g/mol. The van der Waals surface area contributed by atoms with Crippen molar-refractivity contribution in [2.24, 2.45) is 0 Å². The summed E-state index contributed by atoms with van der Waals surface area (Å²) in [4.78, 5) is 12.6. The molecule has 0 amide bonds. The number of benzene rings is 2. The van der Waals surface area contributed by atoms with Gasteiger partial charge in [0.15, 0.2) is 0 Å². The molecule has 3 aromatic rings. The molecule has 5 heteroatoms. The van der Waals surface area contributed by atoms with Gasteiger partial charge in [-0.2, -0.15) is 0 Å². The molecule has 22 heavy (non-hydrogen) atoms. The standard InChI is InChI=1S/C17H12F3NO/c1-2-13-7-10-3-4-11(18)8-14(10)17(22)21(13)16-9-12(19)5-6-15(16)20/h3-9H,2H2,1H3. The van der Waals surface area contributed by atoms with Crippen LogP contribution in [0.25, 0.3) is 16.5 Å². The maximum absolute atomic E-state index is 14.0. The lowest BCUT2D eigenvalue weighted by atomic mass is 10.1. The Morgan fingerprint density at radius 1 is 0.955 bits per heavy atom. The zero-order valence-electron chi connectivity index (χ0n) is 11.7. The molecule has 112 valence electrons. The highest BCUT2D eigenvalue weighted by molar-refractivity contribution is 5.82. The van der Waals surface area contributed by atoms with E-state index in [0.29, 0.717) is 17.5 Å². The Morgan fingerprint density at radius 2 is 1.64 bits per heavy atom. The minimum absolute atomic E-state index is 0.126. The summed E-state index contributed by atoms with van der Waals surface area (Å²) in [7, 11) is 0. The van der Waals surface area contributed by atoms with Gasteiger partial charge in [-0.3, -0.25) is 9.36 Å². The fourth-order valence-electron chi connectivity index (χ4n) is 2.52. The molecule has 0 aliphatic carbocycles. The fourth-order valence-corrected chi connectivity index (χ4v) is 2.52. The maximum atomic E-state index is 14.0. The summed E-state index contributed by atoms with van der Waals surface area (Å²) in [6.07, 6.45) is 0.443. The number of nitrogens with zero attached hydrogens (tertiary/aromatic N) is 1. The van der Waals surface area contributed by atoms with Crippen molar-refractivity contribution in [3.63, 3.8) is 0 Å². The van der Waals surface area contributed by atoms with Crippen molar-refractivity contribution in [1.29, 1.82) is 0 Å². The van der Waals surface area contributed by atoms with Crippen LogP contribution in [0.15, 0.2) is 47.3 Å². The van der Waals surface area contributed by atoms with Crippen molar-refractivity contribution < 1.29 is 13.2 Å². The van der Waals surface area contributed by atoms with Crippen molar-refractivity contribution in [2.75, 3.05) is 0 Å². The third kappa shape index (κ3) is 2.28. The zero-order chi connectivity index (χ0) is 15.9.